The molecule has 1 saturated carbocycles. The van der Waals surface area contributed by atoms with Crippen molar-refractivity contribution in [3.63, 3.8) is 0 Å². The van der Waals surface area contributed by atoms with Gasteiger partial charge in [0, 0.05) is 6.54 Å². The van der Waals surface area contributed by atoms with E-state index in [-0.39, 0.29) is 0 Å². The molecule has 0 aliphatic heterocycles. The van der Waals surface area contributed by atoms with Gasteiger partial charge in [0.15, 0.2) is 0 Å². The van der Waals surface area contributed by atoms with Crippen LogP contribution in [0.1, 0.15) is 72.1 Å². The minimum absolute atomic E-state index is 1.04. The minimum Gasteiger partial charge on any atom is -0.264 e. The van der Waals surface area contributed by atoms with Crippen molar-refractivity contribution in [3.8, 4) is 0 Å². The van der Waals surface area contributed by atoms with Crippen molar-refractivity contribution in [3.05, 3.63) is 0 Å². The Kier molecular flexibility index (Phi) is 24.1. The quantitative estimate of drug-likeness (QED) is 0.257. The number of rotatable bonds is 6. The average molecular weight is 387 g/mol. The lowest BCUT2D eigenvalue weighted by molar-refractivity contribution is 0.504. The van der Waals surface area contributed by atoms with Crippen molar-refractivity contribution in [1.29, 1.82) is 0 Å². The van der Waals surface area contributed by atoms with Crippen molar-refractivity contribution in [2.24, 2.45) is 5.92 Å². The van der Waals surface area contributed by atoms with E-state index in [2.05, 4.69) is 54.3 Å². The summed E-state index contributed by atoms with van der Waals surface area (Å²) in [6.45, 7) is 7.66. The molecule has 3 heteroatoms. The summed E-state index contributed by atoms with van der Waals surface area (Å²) < 4.78 is 4.61. The van der Waals surface area contributed by atoms with Crippen molar-refractivity contribution in [2.45, 2.75) is 72.1 Å². The zero-order chi connectivity index (χ0) is 14.1. The van der Waals surface area contributed by atoms with E-state index in [0.29, 0.717) is 0 Å². The van der Waals surface area contributed by atoms with E-state index in [9.17, 15) is 0 Å². The highest BCUT2D eigenvalue weighted by Crippen LogP contribution is 2.26. The summed E-state index contributed by atoms with van der Waals surface area (Å²) >= 11 is 4.12. The van der Waals surface area contributed by atoms with Gasteiger partial charge in [0.25, 0.3) is 0 Å². The van der Waals surface area contributed by atoms with Crippen molar-refractivity contribution >= 4 is 34.5 Å². The highest BCUT2D eigenvalue weighted by molar-refractivity contribution is 14.1. The van der Waals surface area contributed by atoms with Gasteiger partial charge in [-0.2, -0.15) is 0 Å². The van der Waals surface area contributed by atoms with E-state index in [1.807, 2.05) is 0 Å². The first kappa shape index (κ1) is 21.3. The van der Waals surface area contributed by atoms with Gasteiger partial charge in [-0.1, -0.05) is 93.8 Å². The summed E-state index contributed by atoms with van der Waals surface area (Å²) in [5.41, 5.74) is 0. The van der Waals surface area contributed by atoms with Gasteiger partial charge in [0.1, 0.15) is 0 Å². The van der Waals surface area contributed by atoms with Gasteiger partial charge in [-0.25, -0.2) is 0 Å². The van der Waals surface area contributed by atoms with Crippen LogP contribution in [0.5, 0.6) is 0 Å². The number of alkyl halides is 1. The molecule has 0 aromatic rings. The Morgan fingerprint density at radius 2 is 1.72 bits per heavy atom. The maximum absolute atomic E-state index is 3.29. The molecule has 1 aliphatic rings. The number of hydrogen-bond donors (Lipinski definition) is 1. The zero-order valence-corrected chi connectivity index (χ0v) is 15.9. The summed E-state index contributed by atoms with van der Waals surface area (Å²) in [5, 5.41) is 0. The van der Waals surface area contributed by atoms with E-state index in [1.165, 1.54) is 62.3 Å². The average Bonchev–Trinajstić information content (AvgIpc) is 2.85. The largest absolute Gasteiger partial charge is 0.264 e. The molecular weight excluding hydrogens is 353 g/mol. The molecule has 1 N–H and O–H groups in total. The molecule has 0 spiro atoms. The zero-order valence-electron chi connectivity index (χ0n) is 12.9. The molecule has 0 heterocycles. The molecule has 0 aromatic heterocycles. The van der Waals surface area contributed by atoms with E-state index < -0.39 is 0 Å². The number of hydrogen-bond acceptors (Lipinski definition) is 2. The lowest BCUT2D eigenvalue weighted by Gasteiger charge is -2.07. The summed E-state index contributed by atoms with van der Waals surface area (Å²) in [4.78, 5) is 0. The predicted molar refractivity (Wildman–Crippen MR) is 97.9 cm³/mol. The summed E-state index contributed by atoms with van der Waals surface area (Å²) in [6, 6.07) is 0. The molecule has 0 radical (unpaired) electrons. The Balaban J connectivity index is 0. The van der Waals surface area contributed by atoms with Crippen LogP contribution in [0.25, 0.3) is 0 Å². The number of unbranched alkanes of at least 4 members (excludes halogenated alkanes) is 1. The van der Waals surface area contributed by atoms with Crippen molar-refractivity contribution in [1.82, 2.24) is 4.72 Å². The molecule has 0 aromatic carbocycles. The summed E-state index contributed by atoms with van der Waals surface area (Å²) in [6.07, 6.45) is 13.4. The van der Waals surface area contributed by atoms with Gasteiger partial charge >= 0.3 is 0 Å². The second-order valence-electron chi connectivity index (χ2n) is 4.79. The fourth-order valence-electron chi connectivity index (χ4n) is 1.80. The van der Waals surface area contributed by atoms with Gasteiger partial charge in [-0.15, -0.1) is 0 Å². The first-order valence-electron chi connectivity index (χ1n) is 7.58. The van der Waals surface area contributed by atoms with E-state index in [4.69, 9.17) is 0 Å². The van der Waals surface area contributed by atoms with Gasteiger partial charge in [0.2, 0.25) is 0 Å². The van der Waals surface area contributed by atoms with E-state index >= 15 is 0 Å². The van der Waals surface area contributed by atoms with E-state index in [1.54, 1.807) is 11.9 Å². The first-order valence-corrected chi connectivity index (χ1v) is 10.3. The highest BCUT2D eigenvalue weighted by Gasteiger charge is 2.13. The molecule has 1 fully saturated rings. The monoisotopic (exact) mass is 387 g/mol. The molecule has 0 amide bonds. The van der Waals surface area contributed by atoms with E-state index in [0.717, 1.165) is 5.92 Å². The lowest BCUT2D eigenvalue weighted by Crippen LogP contribution is -2.08. The fraction of sp³-hybridized carbons (Fsp3) is 1.00. The molecule has 1 rings (SSSR count). The summed E-state index contributed by atoms with van der Waals surface area (Å²) in [7, 11) is 0. The second-order valence-corrected chi connectivity index (χ2v) is 6.56. The number of nitrogens with one attached hydrogen (secondary N) is 1. The molecule has 0 unspecified atom stereocenters. The normalized spacial score (nSPS) is 14.5. The molecule has 1 nitrogen and oxygen atoms in total. The molecular formula is C15H34INS. The van der Waals surface area contributed by atoms with Gasteiger partial charge in [0.05, 0.1) is 0 Å². The van der Waals surface area contributed by atoms with Crippen LogP contribution in [0.2, 0.25) is 0 Å². The van der Waals surface area contributed by atoms with Crippen LogP contribution in [0.3, 0.4) is 0 Å². The SMILES string of the molecule is CCC.CCCCI.CSNCCC1CCCC1. The number of halogens is 1. The third-order valence-electron chi connectivity index (χ3n) is 2.76. The maximum Gasteiger partial charge on any atom is 0.00610 e. The van der Waals surface area contributed by atoms with Crippen molar-refractivity contribution < 1.29 is 0 Å². The topological polar surface area (TPSA) is 12.0 Å². The first-order chi connectivity index (χ1) is 8.76. The fourth-order valence-corrected chi connectivity index (χ4v) is 2.88. The second kappa shape index (κ2) is 20.4. The Hall–Kier alpha value is 1.04. The minimum atomic E-state index is 1.04. The molecule has 0 bridgehead atoms. The van der Waals surface area contributed by atoms with Crippen LogP contribution in [-0.2, 0) is 0 Å². The van der Waals surface area contributed by atoms with Crippen LogP contribution in [0, 0.1) is 5.92 Å². The Morgan fingerprint density at radius 3 is 2.06 bits per heavy atom. The van der Waals surface area contributed by atoms with Crippen molar-refractivity contribution in [2.75, 3.05) is 17.2 Å². The Labute approximate surface area is 134 Å². The third-order valence-corrected chi connectivity index (χ3v) is 4.02. The molecule has 18 heavy (non-hydrogen) atoms. The Morgan fingerprint density at radius 1 is 1.17 bits per heavy atom. The van der Waals surface area contributed by atoms with Crippen LogP contribution in [0.15, 0.2) is 0 Å². The van der Waals surface area contributed by atoms with Gasteiger partial charge < -0.3 is 0 Å². The van der Waals surface area contributed by atoms with Crippen LogP contribution in [0.4, 0.5) is 0 Å². The molecule has 0 atom stereocenters. The lowest BCUT2D eigenvalue weighted by atomic mass is 10.1. The highest BCUT2D eigenvalue weighted by atomic mass is 127. The molecule has 112 valence electrons. The predicted octanol–water partition coefficient (Wildman–Crippen LogP) is 6.07. The smallest absolute Gasteiger partial charge is 0.00610 e. The van der Waals surface area contributed by atoms with Crippen LogP contribution >= 0.6 is 34.5 Å². The maximum atomic E-state index is 3.29. The summed E-state index contributed by atoms with van der Waals surface area (Å²) in [5.74, 6) is 1.04. The molecule has 0 saturated heterocycles. The van der Waals surface area contributed by atoms with Gasteiger partial charge in [-0.05, 0) is 29.4 Å². The third kappa shape index (κ3) is 19.4. The van der Waals surface area contributed by atoms with Crippen LogP contribution < -0.4 is 4.72 Å². The standard InChI is InChI=1S/C8H17NS.C4H9I.C3H8/c1-10-9-7-6-8-4-2-3-5-8;1-2-3-4-5;1-3-2/h8-9H,2-7H2,1H3;2-4H2,1H3;3H2,1-2H3. The Bertz CT molecular complexity index is 126. The van der Waals surface area contributed by atoms with Gasteiger partial charge in [-0.3, -0.25) is 4.72 Å². The van der Waals surface area contributed by atoms with Crippen LogP contribution in [-0.4, -0.2) is 17.2 Å². The molecule has 1 aliphatic carbocycles.